The molecular weight excluding hydrogens is 378 g/mol. The Morgan fingerprint density at radius 2 is 2.00 bits per heavy atom. The van der Waals surface area contributed by atoms with E-state index in [9.17, 15) is 13.2 Å². The maximum Gasteiger partial charge on any atom is 0.339 e. The summed E-state index contributed by atoms with van der Waals surface area (Å²) in [6.45, 7) is 1.81. The summed E-state index contributed by atoms with van der Waals surface area (Å²) in [5.41, 5.74) is 1.18. The number of rotatable bonds is 4. The van der Waals surface area contributed by atoms with Crippen LogP contribution < -0.4 is 4.72 Å². The summed E-state index contributed by atoms with van der Waals surface area (Å²) in [6.07, 6.45) is 0. The first kappa shape index (κ1) is 16.0. The zero-order chi connectivity index (χ0) is 15.6. The molecule has 0 aliphatic carbocycles. The quantitative estimate of drug-likeness (QED) is 0.813. The van der Waals surface area contributed by atoms with Crippen molar-refractivity contribution in [2.75, 3.05) is 11.8 Å². The summed E-state index contributed by atoms with van der Waals surface area (Å²) in [4.78, 5) is 11.7. The van der Waals surface area contributed by atoms with E-state index in [4.69, 9.17) is 0 Å². The molecule has 8 heteroatoms. The molecule has 0 unspecified atom stereocenters. The predicted molar refractivity (Wildman–Crippen MR) is 85.3 cm³/mol. The highest BCUT2D eigenvalue weighted by Gasteiger charge is 2.21. The molecule has 1 aromatic heterocycles. The van der Waals surface area contributed by atoms with Gasteiger partial charge in [-0.1, -0.05) is 12.1 Å². The molecule has 5 nitrogen and oxygen atoms in total. The number of methoxy groups -OCH3 is 1. The van der Waals surface area contributed by atoms with Crippen LogP contribution in [0, 0.1) is 6.92 Å². The van der Waals surface area contributed by atoms with Crippen LogP contribution in [0.1, 0.15) is 15.9 Å². The second kappa shape index (κ2) is 6.17. The van der Waals surface area contributed by atoms with E-state index in [1.54, 1.807) is 18.2 Å². The molecule has 0 saturated heterocycles. The molecule has 0 spiro atoms. The Morgan fingerprint density at radius 1 is 1.33 bits per heavy atom. The summed E-state index contributed by atoms with van der Waals surface area (Å²) in [5, 5.41) is 0. The number of para-hydroxylation sites is 1. The number of hydrogen-bond acceptors (Lipinski definition) is 5. The molecule has 2 rings (SSSR count). The van der Waals surface area contributed by atoms with Gasteiger partial charge in [0, 0.05) is 0 Å². The average molecular weight is 390 g/mol. The smallest absolute Gasteiger partial charge is 0.339 e. The van der Waals surface area contributed by atoms with Crippen molar-refractivity contribution in [3.05, 3.63) is 45.2 Å². The summed E-state index contributed by atoms with van der Waals surface area (Å²) >= 11 is 4.41. The molecule has 1 heterocycles. The van der Waals surface area contributed by atoms with Crippen LogP contribution in [0.5, 0.6) is 0 Å². The fraction of sp³-hybridized carbons (Fsp3) is 0.154. The lowest BCUT2D eigenvalue weighted by Gasteiger charge is -2.10. The molecule has 0 amide bonds. The normalized spacial score (nSPS) is 11.2. The van der Waals surface area contributed by atoms with E-state index in [0.29, 0.717) is 0 Å². The third kappa shape index (κ3) is 3.45. The molecule has 0 atom stereocenters. The molecule has 0 aliphatic rings. The van der Waals surface area contributed by atoms with Crippen LogP contribution in [-0.2, 0) is 14.8 Å². The Balaban J connectivity index is 2.40. The molecule has 2 aromatic rings. The molecule has 0 bridgehead atoms. The Labute approximate surface area is 135 Å². The fourth-order valence-electron chi connectivity index (χ4n) is 1.62. The van der Waals surface area contributed by atoms with Crippen molar-refractivity contribution in [2.24, 2.45) is 0 Å². The maximum atomic E-state index is 12.4. The van der Waals surface area contributed by atoms with Gasteiger partial charge in [-0.05, 0) is 46.6 Å². The molecule has 21 heavy (non-hydrogen) atoms. The zero-order valence-corrected chi connectivity index (χ0v) is 14.4. The molecular formula is C13H12BrNO4S2. The highest BCUT2D eigenvalue weighted by atomic mass is 79.9. The lowest BCUT2D eigenvalue weighted by atomic mass is 10.2. The van der Waals surface area contributed by atoms with Gasteiger partial charge in [-0.15, -0.1) is 11.3 Å². The number of ether oxygens (including phenoxy) is 1. The number of halogens is 1. The van der Waals surface area contributed by atoms with Gasteiger partial charge in [-0.3, -0.25) is 4.72 Å². The number of thiophene rings is 1. The van der Waals surface area contributed by atoms with Gasteiger partial charge in [-0.2, -0.15) is 0 Å². The lowest BCUT2D eigenvalue weighted by Crippen LogP contribution is -2.15. The number of carbonyl (C=O) groups excluding carboxylic acids is 1. The summed E-state index contributed by atoms with van der Waals surface area (Å²) in [5.74, 6) is -0.600. The standard InChI is InChI=1S/C13H12BrNO4S2/c1-8-7-11(20-12(8)14)21(17,18)15-10-6-4-3-5-9(10)13(16)19-2/h3-7,15H,1-2H3. The predicted octanol–water partition coefficient (Wildman–Crippen LogP) is 3.41. The van der Waals surface area contributed by atoms with E-state index >= 15 is 0 Å². The van der Waals surface area contributed by atoms with E-state index in [0.717, 1.165) is 20.7 Å². The van der Waals surface area contributed by atoms with Crippen LogP contribution in [0.25, 0.3) is 0 Å². The van der Waals surface area contributed by atoms with Crippen LogP contribution in [0.2, 0.25) is 0 Å². The summed E-state index contributed by atoms with van der Waals surface area (Å²) in [7, 11) is -2.51. The van der Waals surface area contributed by atoms with E-state index < -0.39 is 16.0 Å². The second-order valence-corrected chi connectivity index (χ2v) is 8.44. The molecule has 0 aliphatic heterocycles. The van der Waals surface area contributed by atoms with Gasteiger partial charge < -0.3 is 4.74 Å². The minimum Gasteiger partial charge on any atom is -0.465 e. The Morgan fingerprint density at radius 3 is 2.57 bits per heavy atom. The third-order valence-electron chi connectivity index (χ3n) is 2.68. The van der Waals surface area contributed by atoms with Gasteiger partial charge in [0.2, 0.25) is 0 Å². The molecule has 1 aromatic carbocycles. The van der Waals surface area contributed by atoms with Crippen LogP contribution >= 0.6 is 27.3 Å². The lowest BCUT2D eigenvalue weighted by molar-refractivity contribution is 0.0602. The van der Waals surface area contributed by atoms with Crippen molar-refractivity contribution >= 4 is 48.9 Å². The highest BCUT2D eigenvalue weighted by Crippen LogP contribution is 2.32. The van der Waals surface area contributed by atoms with Crippen LogP contribution in [0.3, 0.4) is 0 Å². The van der Waals surface area contributed by atoms with Crippen LogP contribution in [0.4, 0.5) is 5.69 Å². The molecule has 0 radical (unpaired) electrons. The first-order chi connectivity index (χ1) is 9.85. The van der Waals surface area contributed by atoms with Crippen LogP contribution in [0.15, 0.2) is 38.3 Å². The van der Waals surface area contributed by atoms with Crippen molar-refractivity contribution in [1.82, 2.24) is 0 Å². The number of benzene rings is 1. The van der Waals surface area contributed by atoms with Gasteiger partial charge in [0.25, 0.3) is 10.0 Å². The average Bonchev–Trinajstić information content (AvgIpc) is 2.79. The van der Waals surface area contributed by atoms with Crippen molar-refractivity contribution < 1.29 is 17.9 Å². The number of anilines is 1. The number of aryl methyl sites for hydroxylation is 1. The molecule has 0 saturated carbocycles. The second-order valence-electron chi connectivity index (χ2n) is 4.16. The van der Waals surface area contributed by atoms with Gasteiger partial charge >= 0.3 is 5.97 Å². The monoisotopic (exact) mass is 389 g/mol. The third-order valence-corrected chi connectivity index (χ3v) is 6.65. The van der Waals surface area contributed by atoms with E-state index in [1.165, 1.54) is 19.2 Å². The van der Waals surface area contributed by atoms with E-state index in [1.807, 2.05) is 6.92 Å². The fourth-order valence-corrected chi connectivity index (χ4v) is 4.92. The largest absolute Gasteiger partial charge is 0.465 e. The van der Waals surface area contributed by atoms with Crippen molar-refractivity contribution in [3.63, 3.8) is 0 Å². The van der Waals surface area contributed by atoms with Gasteiger partial charge in [0.1, 0.15) is 4.21 Å². The maximum absolute atomic E-state index is 12.4. The van der Waals surface area contributed by atoms with Crippen molar-refractivity contribution in [2.45, 2.75) is 11.1 Å². The number of sulfonamides is 1. The van der Waals surface area contributed by atoms with Crippen molar-refractivity contribution in [1.29, 1.82) is 0 Å². The minimum atomic E-state index is -3.75. The number of hydrogen-bond donors (Lipinski definition) is 1. The van der Waals surface area contributed by atoms with Gasteiger partial charge in [0.05, 0.1) is 22.1 Å². The molecule has 0 fully saturated rings. The van der Waals surface area contributed by atoms with Gasteiger partial charge in [-0.25, -0.2) is 13.2 Å². The number of nitrogens with one attached hydrogen (secondary N) is 1. The molecule has 1 N–H and O–H groups in total. The Hall–Kier alpha value is -1.38. The van der Waals surface area contributed by atoms with Crippen molar-refractivity contribution in [3.8, 4) is 0 Å². The SMILES string of the molecule is COC(=O)c1ccccc1NS(=O)(=O)c1cc(C)c(Br)s1. The first-order valence-electron chi connectivity index (χ1n) is 5.81. The topological polar surface area (TPSA) is 72.5 Å². The Kier molecular flexibility index (Phi) is 4.70. The Bertz CT molecular complexity index is 764. The van der Waals surface area contributed by atoms with E-state index in [2.05, 4.69) is 25.4 Å². The summed E-state index contributed by atoms with van der Waals surface area (Å²) in [6, 6.07) is 7.85. The zero-order valence-electron chi connectivity index (χ0n) is 11.2. The van der Waals surface area contributed by atoms with E-state index in [-0.39, 0.29) is 15.5 Å². The van der Waals surface area contributed by atoms with Gasteiger partial charge in [0.15, 0.2) is 0 Å². The highest BCUT2D eigenvalue weighted by molar-refractivity contribution is 9.11. The number of carbonyl (C=O) groups is 1. The first-order valence-corrected chi connectivity index (χ1v) is 8.90. The number of esters is 1. The summed E-state index contributed by atoms with van der Waals surface area (Å²) < 4.78 is 32.7. The molecule has 112 valence electrons. The van der Waals surface area contributed by atoms with Crippen LogP contribution in [-0.4, -0.2) is 21.5 Å². The minimum absolute atomic E-state index is 0.163.